The van der Waals surface area contributed by atoms with Crippen molar-refractivity contribution < 1.29 is 29.0 Å². The molecule has 1 saturated heterocycles. The lowest BCUT2D eigenvalue weighted by atomic mass is 10.2. The third kappa shape index (κ3) is 6.05. The van der Waals surface area contributed by atoms with Crippen LogP contribution in [0.25, 0.3) is 0 Å². The Balaban J connectivity index is 2.43. The lowest BCUT2D eigenvalue weighted by Gasteiger charge is -2.23. The summed E-state index contributed by atoms with van der Waals surface area (Å²) in [6, 6.07) is -1.73. The van der Waals surface area contributed by atoms with Crippen molar-refractivity contribution in [1.29, 1.82) is 0 Å². The molecule has 24 heavy (non-hydrogen) atoms. The average molecular weight is 343 g/mol. The zero-order chi connectivity index (χ0) is 18.5. The normalized spacial score (nSPS) is 18.7. The van der Waals surface area contributed by atoms with E-state index in [-0.39, 0.29) is 6.54 Å². The number of ether oxygens (including phenoxy) is 1. The number of hydrogen-bond acceptors (Lipinski definition) is 5. The lowest BCUT2D eigenvalue weighted by Crippen LogP contribution is -2.50. The molecule has 0 aromatic rings. The van der Waals surface area contributed by atoms with E-state index >= 15 is 0 Å². The number of carbonyl (C=O) groups excluding carboxylic acids is 3. The molecule has 1 rings (SSSR count). The number of hydrogen-bond donors (Lipinski definition) is 3. The van der Waals surface area contributed by atoms with E-state index in [1.165, 1.54) is 11.8 Å². The first-order valence-corrected chi connectivity index (χ1v) is 7.81. The summed E-state index contributed by atoms with van der Waals surface area (Å²) in [6.45, 7) is 6.60. The van der Waals surface area contributed by atoms with Crippen LogP contribution < -0.4 is 10.6 Å². The molecule has 1 heterocycles. The standard InChI is InChI=1S/C15H25N3O6/c1-9(17-14(23)24-15(2,3)4)12(20)16-8-11(19)18-7-5-6-10(18)13(21)22/h9-10H,5-8H2,1-4H3,(H,16,20)(H,17,23)(H,21,22)/t9-,10+/m0/s1. The molecule has 3 amide bonds. The van der Waals surface area contributed by atoms with Crippen molar-refractivity contribution in [1.82, 2.24) is 15.5 Å². The summed E-state index contributed by atoms with van der Waals surface area (Å²) in [5.41, 5.74) is -0.683. The topological polar surface area (TPSA) is 125 Å². The van der Waals surface area contributed by atoms with Gasteiger partial charge in [0.05, 0.1) is 6.54 Å². The number of carboxylic acid groups (broad SMARTS) is 1. The van der Waals surface area contributed by atoms with Crippen LogP contribution in [0.4, 0.5) is 4.79 Å². The Morgan fingerprint density at radius 3 is 2.46 bits per heavy atom. The van der Waals surface area contributed by atoms with Gasteiger partial charge in [0.1, 0.15) is 17.7 Å². The number of carboxylic acids is 1. The number of rotatable bonds is 5. The second kappa shape index (κ2) is 7.98. The van der Waals surface area contributed by atoms with Crippen molar-refractivity contribution in [2.45, 2.75) is 58.2 Å². The summed E-state index contributed by atoms with van der Waals surface area (Å²) in [6.07, 6.45) is 0.292. The van der Waals surface area contributed by atoms with Crippen LogP contribution in [0.15, 0.2) is 0 Å². The minimum Gasteiger partial charge on any atom is -0.480 e. The van der Waals surface area contributed by atoms with E-state index in [1.807, 2.05) is 0 Å². The fraction of sp³-hybridized carbons (Fsp3) is 0.733. The number of aliphatic carboxylic acids is 1. The maximum absolute atomic E-state index is 12.0. The smallest absolute Gasteiger partial charge is 0.408 e. The van der Waals surface area contributed by atoms with Gasteiger partial charge in [-0.2, -0.15) is 0 Å². The van der Waals surface area contributed by atoms with E-state index in [0.717, 1.165) is 0 Å². The number of alkyl carbamates (subject to hydrolysis) is 1. The fourth-order valence-corrected chi connectivity index (χ4v) is 2.29. The molecule has 0 spiro atoms. The Morgan fingerprint density at radius 1 is 1.29 bits per heavy atom. The molecule has 3 N–H and O–H groups in total. The predicted octanol–water partition coefficient (Wildman–Crippen LogP) is 0.0914. The summed E-state index contributed by atoms with van der Waals surface area (Å²) < 4.78 is 5.04. The number of nitrogens with zero attached hydrogens (tertiary/aromatic N) is 1. The molecule has 0 bridgehead atoms. The van der Waals surface area contributed by atoms with E-state index in [1.54, 1.807) is 20.8 Å². The molecule has 0 radical (unpaired) electrons. The van der Waals surface area contributed by atoms with Gasteiger partial charge < -0.3 is 25.4 Å². The zero-order valence-corrected chi connectivity index (χ0v) is 14.4. The van der Waals surface area contributed by atoms with Crippen LogP contribution in [0.5, 0.6) is 0 Å². The lowest BCUT2D eigenvalue weighted by molar-refractivity contribution is -0.148. The molecule has 136 valence electrons. The highest BCUT2D eigenvalue weighted by Crippen LogP contribution is 2.17. The average Bonchev–Trinajstić information content (AvgIpc) is 2.91. The second-order valence-corrected chi connectivity index (χ2v) is 6.67. The van der Waals surface area contributed by atoms with Crippen LogP contribution in [0, 0.1) is 0 Å². The van der Waals surface area contributed by atoms with Crippen LogP contribution in [-0.2, 0) is 19.1 Å². The van der Waals surface area contributed by atoms with E-state index in [2.05, 4.69) is 10.6 Å². The Bertz CT molecular complexity index is 514. The van der Waals surface area contributed by atoms with Crippen LogP contribution in [-0.4, -0.2) is 64.7 Å². The van der Waals surface area contributed by atoms with E-state index in [4.69, 9.17) is 9.84 Å². The third-order valence-electron chi connectivity index (χ3n) is 3.40. The van der Waals surface area contributed by atoms with Gasteiger partial charge in [0, 0.05) is 6.54 Å². The van der Waals surface area contributed by atoms with Crippen LogP contribution in [0.2, 0.25) is 0 Å². The van der Waals surface area contributed by atoms with Gasteiger partial charge >= 0.3 is 12.1 Å². The van der Waals surface area contributed by atoms with Crippen molar-refractivity contribution in [3.8, 4) is 0 Å². The molecule has 1 aliphatic heterocycles. The van der Waals surface area contributed by atoms with Gasteiger partial charge in [-0.15, -0.1) is 0 Å². The van der Waals surface area contributed by atoms with Crippen molar-refractivity contribution in [3.05, 3.63) is 0 Å². The minimum atomic E-state index is -1.05. The number of nitrogens with one attached hydrogen (secondary N) is 2. The Morgan fingerprint density at radius 2 is 1.92 bits per heavy atom. The van der Waals surface area contributed by atoms with Gasteiger partial charge in [0.15, 0.2) is 0 Å². The molecule has 1 fully saturated rings. The largest absolute Gasteiger partial charge is 0.480 e. The van der Waals surface area contributed by atoms with Gasteiger partial charge in [-0.3, -0.25) is 9.59 Å². The van der Waals surface area contributed by atoms with Crippen molar-refractivity contribution in [2.75, 3.05) is 13.1 Å². The first-order chi connectivity index (χ1) is 11.0. The Hall–Kier alpha value is -2.32. The number of carbonyl (C=O) groups is 4. The number of amides is 3. The first kappa shape index (κ1) is 19.7. The quantitative estimate of drug-likeness (QED) is 0.650. The molecule has 0 unspecified atom stereocenters. The highest BCUT2D eigenvalue weighted by atomic mass is 16.6. The van der Waals surface area contributed by atoms with Gasteiger partial charge in [-0.05, 0) is 40.5 Å². The summed E-state index contributed by atoms with van der Waals surface area (Å²) >= 11 is 0. The van der Waals surface area contributed by atoms with Crippen molar-refractivity contribution in [3.63, 3.8) is 0 Å². The molecular weight excluding hydrogens is 318 g/mol. The molecule has 0 saturated carbocycles. The summed E-state index contributed by atoms with van der Waals surface area (Å²) in [4.78, 5) is 47.8. The Kier molecular flexibility index (Phi) is 6.56. The maximum Gasteiger partial charge on any atom is 0.408 e. The van der Waals surface area contributed by atoms with Crippen LogP contribution in [0.3, 0.4) is 0 Å². The molecule has 9 heteroatoms. The van der Waals surface area contributed by atoms with Gasteiger partial charge in [-0.1, -0.05) is 0 Å². The Labute approximate surface area is 140 Å². The summed E-state index contributed by atoms with van der Waals surface area (Å²) in [7, 11) is 0. The molecule has 0 aromatic carbocycles. The molecule has 0 aromatic heterocycles. The van der Waals surface area contributed by atoms with Gasteiger partial charge in [0.2, 0.25) is 11.8 Å². The molecule has 1 aliphatic rings. The van der Waals surface area contributed by atoms with E-state index in [9.17, 15) is 19.2 Å². The SMILES string of the molecule is C[C@H](NC(=O)OC(C)(C)C)C(=O)NCC(=O)N1CCC[C@@H]1C(=O)O. The fourth-order valence-electron chi connectivity index (χ4n) is 2.29. The third-order valence-corrected chi connectivity index (χ3v) is 3.40. The van der Waals surface area contributed by atoms with Crippen molar-refractivity contribution in [2.24, 2.45) is 0 Å². The molecular formula is C15H25N3O6. The zero-order valence-electron chi connectivity index (χ0n) is 14.4. The van der Waals surface area contributed by atoms with Crippen LogP contribution >= 0.6 is 0 Å². The monoisotopic (exact) mass is 343 g/mol. The summed E-state index contributed by atoms with van der Waals surface area (Å²) in [5, 5.41) is 13.8. The first-order valence-electron chi connectivity index (χ1n) is 7.81. The highest BCUT2D eigenvalue weighted by molar-refractivity contribution is 5.90. The van der Waals surface area contributed by atoms with Gasteiger partial charge in [-0.25, -0.2) is 9.59 Å². The van der Waals surface area contributed by atoms with Crippen molar-refractivity contribution >= 4 is 23.9 Å². The predicted molar refractivity (Wildman–Crippen MR) is 84.2 cm³/mol. The summed E-state index contributed by atoms with van der Waals surface area (Å²) in [5.74, 6) is -2.06. The van der Waals surface area contributed by atoms with Crippen LogP contribution in [0.1, 0.15) is 40.5 Å². The second-order valence-electron chi connectivity index (χ2n) is 6.67. The molecule has 0 aliphatic carbocycles. The highest BCUT2D eigenvalue weighted by Gasteiger charge is 2.34. The molecule has 2 atom stereocenters. The maximum atomic E-state index is 12.0. The number of likely N-dealkylation sites (tertiary alicyclic amines) is 1. The molecule has 9 nitrogen and oxygen atoms in total. The minimum absolute atomic E-state index is 0.317. The van der Waals surface area contributed by atoms with Gasteiger partial charge in [0.25, 0.3) is 0 Å². The van der Waals surface area contributed by atoms with E-state index in [0.29, 0.717) is 19.4 Å². The van der Waals surface area contributed by atoms with E-state index < -0.39 is 41.6 Å².